The Morgan fingerprint density at radius 1 is 1.60 bits per heavy atom. The number of nitrogens with one attached hydrogen (secondary N) is 1. The first-order valence-corrected chi connectivity index (χ1v) is 4.91. The summed E-state index contributed by atoms with van der Waals surface area (Å²) in [5.74, 6) is 1.34. The first kappa shape index (κ1) is 11.7. The summed E-state index contributed by atoms with van der Waals surface area (Å²) < 4.78 is 4.96. The minimum Gasteiger partial charge on any atom is -0.385 e. The second kappa shape index (κ2) is 5.50. The molecular formula is C10H17N3O2. The summed E-state index contributed by atoms with van der Waals surface area (Å²) in [4.78, 5) is 20.0. The second-order valence-electron chi connectivity index (χ2n) is 3.46. The highest BCUT2D eigenvalue weighted by molar-refractivity contribution is 5.35. The van der Waals surface area contributed by atoms with Gasteiger partial charge >= 0.3 is 0 Å². The lowest BCUT2D eigenvalue weighted by molar-refractivity contribution is 0.196. The third kappa shape index (κ3) is 3.71. The Labute approximate surface area is 89.1 Å². The van der Waals surface area contributed by atoms with Crippen molar-refractivity contribution in [1.82, 2.24) is 9.97 Å². The lowest BCUT2D eigenvalue weighted by Gasteiger charge is -2.17. The summed E-state index contributed by atoms with van der Waals surface area (Å²) in [5.41, 5.74) is -0.115. The zero-order valence-corrected chi connectivity index (χ0v) is 9.41. The van der Waals surface area contributed by atoms with Gasteiger partial charge in [0.25, 0.3) is 5.56 Å². The molecule has 0 atom stereocenters. The first-order valence-electron chi connectivity index (χ1n) is 4.91. The van der Waals surface area contributed by atoms with Crippen LogP contribution in [0.1, 0.15) is 12.2 Å². The minimum absolute atomic E-state index is 0.115. The van der Waals surface area contributed by atoms with Gasteiger partial charge in [0.15, 0.2) is 0 Å². The monoisotopic (exact) mass is 211 g/mol. The number of nitrogens with zero attached hydrogens (tertiary/aromatic N) is 2. The lowest BCUT2D eigenvalue weighted by atomic mass is 10.4. The van der Waals surface area contributed by atoms with Gasteiger partial charge in [-0.15, -0.1) is 0 Å². The summed E-state index contributed by atoms with van der Waals surface area (Å²) in [5, 5.41) is 0. The lowest BCUT2D eigenvalue weighted by Crippen LogP contribution is -2.23. The van der Waals surface area contributed by atoms with Gasteiger partial charge in [0.05, 0.1) is 0 Å². The molecule has 0 unspecified atom stereocenters. The quantitative estimate of drug-likeness (QED) is 0.723. The molecule has 1 rings (SSSR count). The predicted octanol–water partition coefficient (Wildman–Crippen LogP) is 0.551. The largest absolute Gasteiger partial charge is 0.385 e. The number of ether oxygens (including phenoxy) is 1. The van der Waals surface area contributed by atoms with Crippen molar-refractivity contribution >= 4 is 5.82 Å². The molecule has 0 fully saturated rings. The average molecular weight is 211 g/mol. The SMILES string of the molecule is COCCCN(C)c1cc(=O)[nH]c(C)n1. The molecule has 0 aliphatic rings. The number of aryl methyl sites for hydroxylation is 1. The summed E-state index contributed by atoms with van der Waals surface area (Å²) >= 11 is 0. The van der Waals surface area contributed by atoms with Crippen molar-refractivity contribution in [2.45, 2.75) is 13.3 Å². The summed E-state index contributed by atoms with van der Waals surface area (Å²) in [6, 6.07) is 1.50. The maximum atomic E-state index is 11.2. The molecule has 0 saturated heterocycles. The van der Waals surface area contributed by atoms with E-state index in [1.807, 2.05) is 11.9 Å². The number of aromatic nitrogens is 2. The van der Waals surface area contributed by atoms with Crippen LogP contribution in [0.25, 0.3) is 0 Å². The third-order valence-corrected chi connectivity index (χ3v) is 2.08. The number of H-pyrrole nitrogens is 1. The van der Waals surface area contributed by atoms with Crippen LogP contribution in [0.3, 0.4) is 0 Å². The van der Waals surface area contributed by atoms with Crippen molar-refractivity contribution in [3.63, 3.8) is 0 Å². The van der Waals surface area contributed by atoms with Crippen LogP contribution in [0.2, 0.25) is 0 Å². The van der Waals surface area contributed by atoms with Crippen molar-refractivity contribution in [3.8, 4) is 0 Å². The van der Waals surface area contributed by atoms with Gasteiger partial charge in [-0.25, -0.2) is 4.98 Å². The van der Waals surface area contributed by atoms with Gasteiger partial charge in [0, 0.05) is 33.4 Å². The Morgan fingerprint density at radius 2 is 2.33 bits per heavy atom. The zero-order chi connectivity index (χ0) is 11.3. The van der Waals surface area contributed by atoms with E-state index in [-0.39, 0.29) is 5.56 Å². The van der Waals surface area contributed by atoms with E-state index in [2.05, 4.69) is 9.97 Å². The van der Waals surface area contributed by atoms with E-state index in [4.69, 9.17) is 4.74 Å². The van der Waals surface area contributed by atoms with Gasteiger partial charge in [0.2, 0.25) is 0 Å². The maximum absolute atomic E-state index is 11.2. The number of anilines is 1. The Balaban J connectivity index is 2.64. The Bertz CT molecular complexity index is 362. The number of hydrogen-bond acceptors (Lipinski definition) is 4. The van der Waals surface area contributed by atoms with E-state index in [1.165, 1.54) is 6.07 Å². The van der Waals surface area contributed by atoms with Crippen LogP contribution in [0, 0.1) is 6.92 Å². The van der Waals surface area contributed by atoms with Crippen LogP contribution in [0.5, 0.6) is 0 Å². The average Bonchev–Trinajstić information content (AvgIpc) is 2.16. The normalized spacial score (nSPS) is 10.3. The molecule has 0 amide bonds. The van der Waals surface area contributed by atoms with E-state index in [0.29, 0.717) is 18.2 Å². The Kier molecular flexibility index (Phi) is 4.30. The summed E-state index contributed by atoms with van der Waals surface area (Å²) in [7, 11) is 3.59. The van der Waals surface area contributed by atoms with E-state index in [1.54, 1.807) is 14.0 Å². The number of hydrogen-bond donors (Lipinski definition) is 1. The van der Waals surface area contributed by atoms with E-state index in [0.717, 1.165) is 13.0 Å². The highest BCUT2D eigenvalue weighted by Crippen LogP contribution is 2.05. The Morgan fingerprint density at radius 3 is 2.93 bits per heavy atom. The first-order chi connectivity index (χ1) is 7.13. The van der Waals surface area contributed by atoms with Crippen molar-refractivity contribution in [2.24, 2.45) is 0 Å². The van der Waals surface area contributed by atoms with Crippen LogP contribution in [0.4, 0.5) is 5.82 Å². The van der Waals surface area contributed by atoms with E-state index < -0.39 is 0 Å². The van der Waals surface area contributed by atoms with Crippen molar-refractivity contribution < 1.29 is 4.74 Å². The molecule has 1 aromatic rings. The molecule has 1 N–H and O–H groups in total. The van der Waals surface area contributed by atoms with Gasteiger partial charge in [-0.2, -0.15) is 0 Å². The number of methoxy groups -OCH3 is 1. The molecule has 5 heteroatoms. The van der Waals surface area contributed by atoms with Crippen molar-refractivity contribution in [2.75, 3.05) is 32.2 Å². The summed E-state index contributed by atoms with van der Waals surface area (Å²) in [6.45, 7) is 3.31. The van der Waals surface area contributed by atoms with Crippen molar-refractivity contribution in [1.29, 1.82) is 0 Å². The molecule has 0 saturated carbocycles. The molecule has 1 aromatic heterocycles. The Hall–Kier alpha value is -1.36. The highest BCUT2D eigenvalue weighted by atomic mass is 16.5. The molecule has 1 heterocycles. The second-order valence-corrected chi connectivity index (χ2v) is 3.46. The predicted molar refractivity (Wildman–Crippen MR) is 59.4 cm³/mol. The minimum atomic E-state index is -0.115. The van der Waals surface area contributed by atoms with Gasteiger partial charge in [-0.1, -0.05) is 0 Å². The molecule has 0 aliphatic carbocycles. The van der Waals surface area contributed by atoms with Crippen LogP contribution >= 0.6 is 0 Å². The number of aromatic amines is 1. The van der Waals surface area contributed by atoms with Gasteiger partial charge < -0.3 is 14.6 Å². The summed E-state index contributed by atoms with van der Waals surface area (Å²) in [6.07, 6.45) is 0.917. The molecule has 15 heavy (non-hydrogen) atoms. The van der Waals surface area contributed by atoms with Gasteiger partial charge in [-0.3, -0.25) is 4.79 Å². The van der Waals surface area contributed by atoms with E-state index in [9.17, 15) is 4.79 Å². The fourth-order valence-corrected chi connectivity index (χ4v) is 1.32. The van der Waals surface area contributed by atoms with Gasteiger partial charge in [0.1, 0.15) is 11.6 Å². The molecular weight excluding hydrogens is 194 g/mol. The fourth-order valence-electron chi connectivity index (χ4n) is 1.32. The maximum Gasteiger partial charge on any atom is 0.252 e. The fraction of sp³-hybridized carbons (Fsp3) is 0.600. The molecule has 0 aliphatic heterocycles. The smallest absolute Gasteiger partial charge is 0.252 e. The number of rotatable bonds is 5. The molecule has 0 spiro atoms. The van der Waals surface area contributed by atoms with Crippen LogP contribution in [0.15, 0.2) is 10.9 Å². The van der Waals surface area contributed by atoms with Crippen LogP contribution in [-0.4, -0.2) is 37.3 Å². The zero-order valence-electron chi connectivity index (χ0n) is 9.41. The van der Waals surface area contributed by atoms with E-state index >= 15 is 0 Å². The van der Waals surface area contributed by atoms with Crippen LogP contribution in [-0.2, 0) is 4.74 Å². The molecule has 5 nitrogen and oxygen atoms in total. The standard InChI is InChI=1S/C10H17N3O2/c1-8-11-9(7-10(14)12-8)13(2)5-4-6-15-3/h7H,4-6H2,1-3H3,(H,11,12,14). The molecule has 84 valence electrons. The van der Waals surface area contributed by atoms with Gasteiger partial charge in [-0.05, 0) is 13.3 Å². The molecule has 0 bridgehead atoms. The van der Waals surface area contributed by atoms with Crippen molar-refractivity contribution in [3.05, 3.63) is 22.2 Å². The highest BCUT2D eigenvalue weighted by Gasteiger charge is 2.03. The molecule has 0 radical (unpaired) electrons. The topological polar surface area (TPSA) is 58.2 Å². The molecule has 0 aromatic carbocycles. The van der Waals surface area contributed by atoms with Crippen LogP contribution < -0.4 is 10.5 Å². The third-order valence-electron chi connectivity index (χ3n) is 2.08.